The van der Waals surface area contributed by atoms with E-state index in [1.165, 1.54) is 0 Å². The van der Waals surface area contributed by atoms with Crippen LogP contribution >= 0.6 is 0 Å². The number of hydrogen-bond acceptors (Lipinski definition) is 5. The topological polar surface area (TPSA) is 115 Å². The van der Waals surface area contributed by atoms with Crippen molar-refractivity contribution in [3.8, 4) is 0 Å². The maximum absolute atomic E-state index is 10.3. The van der Waals surface area contributed by atoms with E-state index in [0.29, 0.717) is 0 Å². The van der Waals surface area contributed by atoms with Crippen molar-refractivity contribution >= 4 is 17.6 Å². The molecule has 0 saturated carbocycles. The van der Waals surface area contributed by atoms with Gasteiger partial charge in [-0.3, -0.25) is 0 Å². The van der Waals surface area contributed by atoms with Gasteiger partial charge in [-0.05, 0) is 0 Å². The van der Waals surface area contributed by atoms with Crippen molar-refractivity contribution in [1.29, 1.82) is 0 Å². The minimum Gasteiger partial charge on any atom is -0.476 e. The van der Waals surface area contributed by atoms with Crippen LogP contribution in [-0.2, 0) is 0 Å². The number of carbonyl (C=O) groups is 1. The van der Waals surface area contributed by atoms with Crippen LogP contribution in [0.5, 0.6) is 0 Å². The lowest BCUT2D eigenvalue weighted by atomic mass is 10.4. The number of rotatable bonds is 1. The summed E-state index contributed by atoms with van der Waals surface area (Å²) in [5.74, 6) is -1.20. The Morgan fingerprint density at radius 3 is 2.55 bits per heavy atom. The van der Waals surface area contributed by atoms with Gasteiger partial charge in [-0.15, -0.1) is 0 Å². The highest BCUT2D eigenvalue weighted by Gasteiger charge is 2.06. The van der Waals surface area contributed by atoms with Crippen molar-refractivity contribution in [2.24, 2.45) is 0 Å². The number of nitrogens with two attached hydrogens (primary N) is 2. The van der Waals surface area contributed by atoms with Crippen LogP contribution in [0.1, 0.15) is 10.5 Å². The Hall–Kier alpha value is -1.85. The molecule has 0 aliphatic heterocycles. The summed E-state index contributed by atoms with van der Waals surface area (Å²) in [7, 11) is 0. The molecule has 0 radical (unpaired) electrons. The molecule has 0 unspecified atom stereocenters. The van der Waals surface area contributed by atoms with Crippen molar-refractivity contribution in [2.75, 3.05) is 11.5 Å². The predicted octanol–water partition coefficient (Wildman–Crippen LogP) is -0.661. The van der Waals surface area contributed by atoms with Crippen LogP contribution in [0.4, 0.5) is 11.6 Å². The molecular formula is C5H6N4O2. The van der Waals surface area contributed by atoms with Crippen molar-refractivity contribution in [1.82, 2.24) is 9.97 Å². The fraction of sp³-hybridized carbons (Fsp3) is 0. The third kappa shape index (κ3) is 1.34. The molecule has 1 aromatic rings. The van der Waals surface area contributed by atoms with Gasteiger partial charge in [0.25, 0.3) is 0 Å². The van der Waals surface area contributed by atoms with Gasteiger partial charge < -0.3 is 16.6 Å². The molecule has 0 aromatic carbocycles. The van der Waals surface area contributed by atoms with Gasteiger partial charge in [0.05, 0.1) is 6.20 Å². The maximum Gasteiger partial charge on any atom is 0.356 e. The Morgan fingerprint density at radius 1 is 1.45 bits per heavy atom. The fourth-order valence-corrected chi connectivity index (χ4v) is 0.516. The van der Waals surface area contributed by atoms with Crippen LogP contribution in [0.3, 0.4) is 0 Å². The molecular weight excluding hydrogens is 148 g/mol. The van der Waals surface area contributed by atoms with Crippen LogP contribution in [-0.4, -0.2) is 21.0 Å². The van der Waals surface area contributed by atoms with Gasteiger partial charge in [-0.1, -0.05) is 0 Å². The first-order valence-corrected chi connectivity index (χ1v) is 2.72. The molecule has 0 aliphatic carbocycles. The molecule has 0 atom stereocenters. The summed E-state index contributed by atoms with van der Waals surface area (Å²) < 4.78 is 0. The van der Waals surface area contributed by atoms with Gasteiger partial charge in [0.15, 0.2) is 17.3 Å². The number of carboxylic acid groups (broad SMARTS) is 1. The Labute approximate surface area is 61.9 Å². The second-order valence-electron chi connectivity index (χ2n) is 1.83. The molecule has 1 aromatic heterocycles. The van der Waals surface area contributed by atoms with E-state index in [2.05, 4.69) is 9.97 Å². The summed E-state index contributed by atoms with van der Waals surface area (Å²) in [4.78, 5) is 17.2. The first kappa shape index (κ1) is 7.26. The van der Waals surface area contributed by atoms with E-state index in [9.17, 15) is 4.79 Å². The zero-order valence-electron chi connectivity index (χ0n) is 5.48. The number of aromatic carboxylic acids is 1. The van der Waals surface area contributed by atoms with E-state index in [4.69, 9.17) is 16.6 Å². The van der Waals surface area contributed by atoms with Crippen molar-refractivity contribution in [3.05, 3.63) is 11.9 Å². The summed E-state index contributed by atoms with van der Waals surface area (Å²) in [6.45, 7) is 0. The molecule has 0 saturated heterocycles. The SMILES string of the molecule is Nc1ncc(C(=O)O)nc1N. The molecule has 11 heavy (non-hydrogen) atoms. The standard InChI is InChI=1S/C5H6N4O2/c6-3-4(7)9-2(1-8-3)5(10)11/h1H,(H2,6,8)(H2,7,9)(H,10,11). The molecule has 1 heterocycles. The smallest absolute Gasteiger partial charge is 0.356 e. The van der Waals surface area contributed by atoms with Gasteiger partial charge in [0.1, 0.15) is 0 Å². The van der Waals surface area contributed by atoms with Crippen molar-refractivity contribution in [3.63, 3.8) is 0 Å². The summed E-state index contributed by atoms with van der Waals surface area (Å²) in [6.07, 6.45) is 1.05. The summed E-state index contributed by atoms with van der Waals surface area (Å²) in [5, 5.41) is 8.40. The number of hydrogen-bond donors (Lipinski definition) is 3. The Bertz CT molecular complexity index is 299. The summed E-state index contributed by atoms with van der Waals surface area (Å²) in [6, 6.07) is 0. The molecule has 58 valence electrons. The van der Waals surface area contributed by atoms with E-state index < -0.39 is 5.97 Å². The largest absolute Gasteiger partial charge is 0.476 e. The van der Waals surface area contributed by atoms with E-state index in [1.807, 2.05) is 0 Å². The van der Waals surface area contributed by atoms with Gasteiger partial charge in [0.2, 0.25) is 0 Å². The molecule has 1 rings (SSSR count). The van der Waals surface area contributed by atoms with Gasteiger partial charge >= 0.3 is 5.97 Å². The number of nitrogen functional groups attached to an aromatic ring is 2. The lowest BCUT2D eigenvalue weighted by molar-refractivity contribution is 0.0690. The average Bonchev–Trinajstić information content (AvgIpc) is 1.94. The molecule has 0 amide bonds. The quantitative estimate of drug-likeness (QED) is 0.494. The lowest BCUT2D eigenvalue weighted by Gasteiger charge is -1.97. The summed E-state index contributed by atoms with van der Waals surface area (Å²) >= 11 is 0. The molecule has 6 heteroatoms. The Balaban J connectivity index is 3.15. The predicted molar refractivity (Wildman–Crippen MR) is 37.8 cm³/mol. The van der Waals surface area contributed by atoms with Crippen LogP contribution in [0.15, 0.2) is 6.20 Å². The molecule has 0 aliphatic rings. The third-order valence-corrected chi connectivity index (χ3v) is 1.05. The van der Waals surface area contributed by atoms with E-state index in [1.54, 1.807) is 0 Å². The van der Waals surface area contributed by atoms with Crippen molar-refractivity contribution < 1.29 is 9.90 Å². The average molecular weight is 154 g/mol. The summed E-state index contributed by atoms with van der Waals surface area (Å²) in [5.41, 5.74) is 10.2. The molecule has 0 fully saturated rings. The second-order valence-corrected chi connectivity index (χ2v) is 1.83. The van der Waals surface area contributed by atoms with E-state index in [-0.39, 0.29) is 17.3 Å². The molecule has 0 bridgehead atoms. The molecule has 5 N–H and O–H groups in total. The van der Waals surface area contributed by atoms with Gasteiger partial charge in [-0.2, -0.15) is 0 Å². The van der Waals surface area contributed by atoms with Crippen molar-refractivity contribution in [2.45, 2.75) is 0 Å². The number of nitrogens with zero attached hydrogens (tertiary/aromatic N) is 2. The Kier molecular flexibility index (Phi) is 1.59. The van der Waals surface area contributed by atoms with Crippen LogP contribution < -0.4 is 11.5 Å². The molecule has 0 spiro atoms. The maximum atomic E-state index is 10.3. The highest BCUT2D eigenvalue weighted by molar-refractivity contribution is 5.85. The first-order valence-electron chi connectivity index (χ1n) is 2.72. The van der Waals surface area contributed by atoms with Crippen LogP contribution in [0.2, 0.25) is 0 Å². The number of anilines is 2. The number of aromatic nitrogens is 2. The van der Waals surface area contributed by atoms with Crippen LogP contribution in [0.25, 0.3) is 0 Å². The molecule has 6 nitrogen and oxygen atoms in total. The monoisotopic (exact) mass is 154 g/mol. The minimum absolute atomic E-state index is 0.0370. The zero-order chi connectivity index (χ0) is 8.43. The fourth-order valence-electron chi connectivity index (χ4n) is 0.516. The third-order valence-electron chi connectivity index (χ3n) is 1.05. The van der Waals surface area contributed by atoms with Crippen LogP contribution in [0, 0.1) is 0 Å². The number of carboxylic acids is 1. The highest BCUT2D eigenvalue weighted by atomic mass is 16.4. The normalized spacial score (nSPS) is 9.45. The zero-order valence-corrected chi connectivity index (χ0v) is 5.48. The highest BCUT2D eigenvalue weighted by Crippen LogP contribution is 2.06. The van der Waals surface area contributed by atoms with E-state index >= 15 is 0 Å². The Morgan fingerprint density at radius 2 is 2.09 bits per heavy atom. The minimum atomic E-state index is -1.18. The first-order chi connectivity index (χ1) is 5.11. The van der Waals surface area contributed by atoms with E-state index in [0.717, 1.165) is 6.20 Å². The lowest BCUT2D eigenvalue weighted by Crippen LogP contribution is -2.07. The second kappa shape index (κ2) is 2.41. The van der Waals surface area contributed by atoms with Gasteiger partial charge in [-0.25, -0.2) is 14.8 Å². The van der Waals surface area contributed by atoms with Gasteiger partial charge in [0, 0.05) is 0 Å².